The summed E-state index contributed by atoms with van der Waals surface area (Å²) in [6.45, 7) is 7.15. The highest BCUT2D eigenvalue weighted by molar-refractivity contribution is 6.02. The van der Waals surface area contributed by atoms with E-state index in [1.54, 1.807) is 49.9 Å². The number of para-hydroxylation sites is 2. The Morgan fingerprint density at radius 3 is 2.23 bits per heavy atom. The van der Waals surface area contributed by atoms with Crippen molar-refractivity contribution < 1.29 is 23.9 Å². The van der Waals surface area contributed by atoms with E-state index in [1.807, 2.05) is 37.3 Å². The number of hydrogen-bond acceptors (Lipinski definition) is 5. The fourth-order valence-electron chi connectivity index (χ4n) is 3.79. The molecule has 1 aliphatic heterocycles. The molecule has 2 atom stereocenters. The van der Waals surface area contributed by atoms with Crippen LogP contribution < -0.4 is 16.0 Å². The quantitative estimate of drug-likeness (QED) is 0.559. The van der Waals surface area contributed by atoms with E-state index in [9.17, 15) is 19.2 Å². The van der Waals surface area contributed by atoms with Crippen LogP contribution in [0.2, 0.25) is 0 Å². The van der Waals surface area contributed by atoms with Crippen LogP contribution in [0.25, 0.3) is 0 Å². The first-order chi connectivity index (χ1) is 16.5. The van der Waals surface area contributed by atoms with Crippen LogP contribution in [0.15, 0.2) is 54.6 Å². The van der Waals surface area contributed by atoms with Crippen LogP contribution in [-0.4, -0.2) is 47.4 Å². The van der Waals surface area contributed by atoms with E-state index in [0.717, 1.165) is 5.56 Å². The third-order valence-electron chi connectivity index (χ3n) is 5.53. The number of amides is 4. The van der Waals surface area contributed by atoms with Gasteiger partial charge in [0.05, 0.1) is 23.3 Å². The lowest BCUT2D eigenvalue weighted by Crippen LogP contribution is -2.37. The molecule has 0 aliphatic carbocycles. The predicted molar refractivity (Wildman–Crippen MR) is 133 cm³/mol. The Labute approximate surface area is 205 Å². The lowest BCUT2D eigenvalue weighted by Gasteiger charge is -2.25. The van der Waals surface area contributed by atoms with Crippen molar-refractivity contribution in [1.82, 2.24) is 10.2 Å². The Hall–Kier alpha value is -3.88. The molecule has 1 saturated heterocycles. The van der Waals surface area contributed by atoms with Gasteiger partial charge in [0, 0.05) is 13.0 Å². The average Bonchev–Trinajstić information content (AvgIpc) is 3.19. The van der Waals surface area contributed by atoms with Crippen LogP contribution in [0.4, 0.5) is 16.2 Å². The Morgan fingerprint density at radius 1 is 1.00 bits per heavy atom. The van der Waals surface area contributed by atoms with Crippen molar-refractivity contribution >= 4 is 35.2 Å². The van der Waals surface area contributed by atoms with E-state index in [-0.39, 0.29) is 30.8 Å². The van der Waals surface area contributed by atoms with Crippen LogP contribution in [0, 0.1) is 5.92 Å². The van der Waals surface area contributed by atoms with Crippen LogP contribution >= 0.6 is 0 Å². The minimum atomic E-state index is -0.700. The Balaban J connectivity index is 1.58. The summed E-state index contributed by atoms with van der Waals surface area (Å²) in [6.07, 6.45) is -0.577. The second-order valence-electron chi connectivity index (χ2n) is 9.47. The molecule has 1 heterocycles. The minimum Gasteiger partial charge on any atom is -0.444 e. The molecule has 1 aliphatic rings. The number of likely N-dealkylation sites (tertiary alicyclic amines) is 1. The molecule has 9 heteroatoms. The zero-order chi connectivity index (χ0) is 25.6. The van der Waals surface area contributed by atoms with Crippen LogP contribution in [0.3, 0.4) is 0 Å². The van der Waals surface area contributed by atoms with Crippen molar-refractivity contribution in [2.45, 2.75) is 45.8 Å². The van der Waals surface area contributed by atoms with Crippen molar-refractivity contribution in [2.75, 3.05) is 23.7 Å². The van der Waals surface area contributed by atoms with Gasteiger partial charge in [-0.3, -0.25) is 14.4 Å². The number of rotatable bonds is 7. The van der Waals surface area contributed by atoms with Crippen LogP contribution in [-0.2, 0) is 19.1 Å². The highest BCUT2D eigenvalue weighted by Crippen LogP contribution is 2.30. The van der Waals surface area contributed by atoms with E-state index in [2.05, 4.69) is 16.0 Å². The van der Waals surface area contributed by atoms with Crippen molar-refractivity contribution in [2.24, 2.45) is 5.92 Å². The molecule has 0 saturated carbocycles. The molecule has 0 radical (unpaired) electrons. The van der Waals surface area contributed by atoms with Gasteiger partial charge in [-0.25, -0.2) is 4.79 Å². The van der Waals surface area contributed by atoms with Gasteiger partial charge in [-0.2, -0.15) is 0 Å². The lowest BCUT2D eigenvalue weighted by molar-refractivity contribution is -0.129. The third kappa shape index (κ3) is 7.30. The number of hydrogen-bond donors (Lipinski definition) is 3. The topological polar surface area (TPSA) is 117 Å². The highest BCUT2D eigenvalue weighted by Gasteiger charge is 2.37. The number of alkyl carbamates (subject to hydrolysis) is 1. The molecular formula is C26H32N4O5. The van der Waals surface area contributed by atoms with Gasteiger partial charge in [-0.15, -0.1) is 0 Å². The SMILES string of the molecule is CC(c1ccccc1)N1CC(C(=O)Nc2ccccc2NC(=O)CNC(=O)OC(C)(C)C)CC1=O. The molecule has 0 aromatic heterocycles. The molecule has 2 aromatic rings. The molecule has 9 nitrogen and oxygen atoms in total. The fraction of sp³-hybridized carbons (Fsp3) is 0.385. The number of ether oxygens (including phenoxy) is 1. The number of carbonyl (C=O) groups excluding carboxylic acids is 4. The Bertz CT molecular complexity index is 1080. The van der Waals surface area contributed by atoms with Crippen molar-refractivity contribution in [3.8, 4) is 0 Å². The van der Waals surface area contributed by atoms with Crippen LogP contribution in [0.1, 0.15) is 45.7 Å². The number of nitrogens with zero attached hydrogens (tertiary/aromatic N) is 1. The van der Waals surface area contributed by atoms with E-state index >= 15 is 0 Å². The smallest absolute Gasteiger partial charge is 0.408 e. The number of anilines is 2. The number of benzene rings is 2. The second kappa shape index (κ2) is 11.0. The Morgan fingerprint density at radius 2 is 1.60 bits per heavy atom. The summed E-state index contributed by atoms with van der Waals surface area (Å²) in [6, 6.07) is 16.3. The van der Waals surface area contributed by atoms with Crippen molar-refractivity contribution in [3.63, 3.8) is 0 Å². The second-order valence-corrected chi connectivity index (χ2v) is 9.47. The van der Waals surface area contributed by atoms with Gasteiger partial charge < -0.3 is 25.6 Å². The summed E-state index contributed by atoms with van der Waals surface area (Å²) in [5, 5.41) is 7.90. The van der Waals surface area contributed by atoms with Gasteiger partial charge in [0.15, 0.2) is 0 Å². The first kappa shape index (κ1) is 25.7. The Kier molecular flexibility index (Phi) is 8.11. The summed E-state index contributed by atoms with van der Waals surface area (Å²) in [4.78, 5) is 51.4. The van der Waals surface area contributed by atoms with Gasteiger partial charge in [0.25, 0.3) is 0 Å². The standard InChI is InChI=1S/C26H32N4O5/c1-17(18-10-6-5-7-11-18)30-16-19(14-23(30)32)24(33)29-21-13-9-8-12-20(21)28-22(31)15-27-25(34)35-26(2,3)4/h5-13,17,19H,14-16H2,1-4H3,(H,27,34)(H,28,31)(H,29,33). The predicted octanol–water partition coefficient (Wildman–Crippen LogP) is 3.70. The van der Waals surface area contributed by atoms with Crippen molar-refractivity contribution in [3.05, 3.63) is 60.2 Å². The molecule has 0 spiro atoms. The first-order valence-corrected chi connectivity index (χ1v) is 11.5. The van der Waals surface area contributed by atoms with E-state index in [1.165, 1.54) is 0 Å². The molecule has 3 rings (SSSR count). The van der Waals surface area contributed by atoms with Gasteiger partial charge >= 0.3 is 6.09 Å². The summed E-state index contributed by atoms with van der Waals surface area (Å²) >= 11 is 0. The van der Waals surface area contributed by atoms with Crippen molar-refractivity contribution in [1.29, 1.82) is 0 Å². The highest BCUT2D eigenvalue weighted by atomic mass is 16.6. The van der Waals surface area contributed by atoms with Gasteiger partial charge in [0.1, 0.15) is 12.1 Å². The fourth-order valence-corrected chi connectivity index (χ4v) is 3.79. The minimum absolute atomic E-state index is 0.0729. The monoisotopic (exact) mass is 480 g/mol. The van der Waals surface area contributed by atoms with E-state index < -0.39 is 23.5 Å². The molecule has 3 N–H and O–H groups in total. The van der Waals surface area contributed by atoms with E-state index in [0.29, 0.717) is 17.9 Å². The summed E-state index contributed by atoms with van der Waals surface area (Å²) in [7, 11) is 0. The number of carbonyl (C=O) groups is 4. The summed E-state index contributed by atoms with van der Waals surface area (Å²) < 4.78 is 5.12. The summed E-state index contributed by atoms with van der Waals surface area (Å²) in [5.41, 5.74) is 1.13. The zero-order valence-corrected chi connectivity index (χ0v) is 20.5. The maximum atomic E-state index is 13.0. The van der Waals surface area contributed by atoms with Gasteiger partial charge in [-0.1, -0.05) is 42.5 Å². The molecule has 2 unspecified atom stereocenters. The normalized spacial score (nSPS) is 16.4. The average molecular weight is 481 g/mol. The molecule has 186 valence electrons. The molecular weight excluding hydrogens is 448 g/mol. The van der Waals surface area contributed by atoms with Gasteiger partial charge in [-0.05, 0) is 45.4 Å². The molecule has 1 fully saturated rings. The molecule has 0 bridgehead atoms. The lowest BCUT2D eigenvalue weighted by atomic mass is 10.1. The first-order valence-electron chi connectivity index (χ1n) is 11.5. The largest absolute Gasteiger partial charge is 0.444 e. The van der Waals surface area contributed by atoms with Crippen LogP contribution in [0.5, 0.6) is 0 Å². The third-order valence-corrected chi connectivity index (χ3v) is 5.53. The zero-order valence-electron chi connectivity index (χ0n) is 20.5. The number of nitrogens with one attached hydrogen (secondary N) is 3. The molecule has 35 heavy (non-hydrogen) atoms. The maximum absolute atomic E-state index is 13.0. The summed E-state index contributed by atoms with van der Waals surface area (Å²) in [5.74, 6) is -1.35. The molecule has 2 aromatic carbocycles. The molecule has 4 amide bonds. The van der Waals surface area contributed by atoms with Gasteiger partial charge in [0.2, 0.25) is 17.7 Å². The maximum Gasteiger partial charge on any atom is 0.408 e. The van der Waals surface area contributed by atoms with E-state index in [4.69, 9.17) is 4.74 Å².